The maximum Gasteiger partial charge on any atom is 0.00747 e. The van der Waals surface area contributed by atoms with Gasteiger partial charge in [0.25, 0.3) is 0 Å². The second kappa shape index (κ2) is 5.53. The number of nitrogens with one attached hydrogen (secondary N) is 1. The van der Waals surface area contributed by atoms with Crippen LogP contribution in [0.15, 0.2) is 0 Å². The van der Waals surface area contributed by atoms with Crippen LogP contribution in [0.2, 0.25) is 0 Å². The predicted molar refractivity (Wildman–Crippen MR) is 70.5 cm³/mol. The van der Waals surface area contributed by atoms with E-state index in [1.54, 1.807) is 0 Å². The third kappa shape index (κ3) is 3.48. The molecular formula is C15H29N. The Morgan fingerprint density at radius 1 is 1.06 bits per heavy atom. The van der Waals surface area contributed by atoms with E-state index >= 15 is 0 Å². The van der Waals surface area contributed by atoms with Crippen LogP contribution in [-0.2, 0) is 0 Å². The Labute approximate surface area is 101 Å². The average Bonchev–Trinajstić information content (AvgIpc) is 2.15. The van der Waals surface area contributed by atoms with Crippen molar-refractivity contribution in [3.05, 3.63) is 0 Å². The van der Waals surface area contributed by atoms with E-state index in [-0.39, 0.29) is 0 Å². The lowest BCUT2D eigenvalue weighted by Gasteiger charge is -2.39. The third-order valence-corrected chi connectivity index (χ3v) is 4.43. The first-order valence-electron chi connectivity index (χ1n) is 7.39. The van der Waals surface area contributed by atoms with Gasteiger partial charge in [-0.1, -0.05) is 33.6 Å². The molecule has 1 nitrogen and oxygen atoms in total. The van der Waals surface area contributed by atoms with E-state index in [2.05, 4.69) is 26.1 Å². The Bertz CT molecular complexity index is 205. The Balaban J connectivity index is 1.69. The van der Waals surface area contributed by atoms with Gasteiger partial charge in [-0.3, -0.25) is 0 Å². The van der Waals surface area contributed by atoms with Crippen LogP contribution in [0.5, 0.6) is 0 Å². The van der Waals surface area contributed by atoms with Crippen molar-refractivity contribution < 1.29 is 0 Å². The highest BCUT2D eigenvalue weighted by molar-refractivity contribution is 4.87. The van der Waals surface area contributed by atoms with E-state index < -0.39 is 0 Å². The summed E-state index contributed by atoms with van der Waals surface area (Å²) in [5.74, 6) is 2.86. The van der Waals surface area contributed by atoms with Crippen LogP contribution in [0.25, 0.3) is 0 Å². The van der Waals surface area contributed by atoms with Gasteiger partial charge in [-0.15, -0.1) is 0 Å². The van der Waals surface area contributed by atoms with Crippen molar-refractivity contribution in [3.8, 4) is 0 Å². The highest BCUT2D eigenvalue weighted by Crippen LogP contribution is 2.32. The molecule has 0 radical (unpaired) electrons. The molecule has 1 N–H and O–H groups in total. The quantitative estimate of drug-likeness (QED) is 0.760. The second-order valence-electron chi connectivity index (χ2n) is 6.80. The highest BCUT2D eigenvalue weighted by Gasteiger charge is 2.29. The van der Waals surface area contributed by atoms with Gasteiger partial charge in [0, 0.05) is 12.1 Å². The van der Waals surface area contributed by atoms with Gasteiger partial charge in [-0.2, -0.15) is 0 Å². The Morgan fingerprint density at radius 2 is 1.81 bits per heavy atom. The van der Waals surface area contributed by atoms with Crippen LogP contribution in [0, 0.1) is 17.8 Å². The first-order chi connectivity index (χ1) is 7.63. The summed E-state index contributed by atoms with van der Waals surface area (Å²) in [6.07, 6.45) is 10.1. The summed E-state index contributed by atoms with van der Waals surface area (Å²) in [6.45, 7) is 7.11. The van der Waals surface area contributed by atoms with Crippen molar-refractivity contribution in [2.75, 3.05) is 0 Å². The second-order valence-corrected chi connectivity index (χ2v) is 6.80. The lowest BCUT2D eigenvalue weighted by atomic mass is 9.78. The fourth-order valence-electron chi connectivity index (χ4n) is 3.69. The molecule has 0 heterocycles. The number of hydrogen-bond donors (Lipinski definition) is 1. The van der Waals surface area contributed by atoms with Gasteiger partial charge in [0.05, 0.1) is 0 Å². The standard InChI is InChI=1S/C15H29N/c1-11(2)7-13-5-4-6-14(10-13)16-15-8-12(3)9-15/h11-16H,4-10H2,1-3H3. The molecule has 0 aromatic rings. The van der Waals surface area contributed by atoms with Gasteiger partial charge < -0.3 is 5.32 Å². The van der Waals surface area contributed by atoms with Gasteiger partial charge in [0.15, 0.2) is 0 Å². The summed E-state index contributed by atoms with van der Waals surface area (Å²) in [7, 11) is 0. The molecule has 0 aliphatic heterocycles. The van der Waals surface area contributed by atoms with E-state index in [1.807, 2.05) is 0 Å². The van der Waals surface area contributed by atoms with Crippen LogP contribution < -0.4 is 5.32 Å². The zero-order valence-electron chi connectivity index (χ0n) is 11.3. The molecule has 0 aromatic carbocycles. The molecule has 16 heavy (non-hydrogen) atoms. The minimum atomic E-state index is 0.843. The topological polar surface area (TPSA) is 12.0 Å². The van der Waals surface area contributed by atoms with Crippen LogP contribution in [0.1, 0.15) is 65.7 Å². The molecule has 2 atom stereocenters. The van der Waals surface area contributed by atoms with Crippen LogP contribution in [0.3, 0.4) is 0 Å². The minimum absolute atomic E-state index is 0.843. The molecule has 0 amide bonds. The first kappa shape index (κ1) is 12.4. The van der Waals surface area contributed by atoms with Gasteiger partial charge in [0.1, 0.15) is 0 Å². The molecule has 2 unspecified atom stereocenters. The smallest absolute Gasteiger partial charge is 0.00747 e. The molecule has 0 bridgehead atoms. The monoisotopic (exact) mass is 223 g/mol. The van der Waals surface area contributed by atoms with Gasteiger partial charge >= 0.3 is 0 Å². The molecular weight excluding hydrogens is 194 g/mol. The predicted octanol–water partition coefficient (Wildman–Crippen LogP) is 3.98. The van der Waals surface area contributed by atoms with E-state index in [0.717, 1.165) is 29.8 Å². The molecule has 2 saturated carbocycles. The normalized spacial score (nSPS) is 39.8. The fraction of sp³-hybridized carbons (Fsp3) is 1.00. The molecule has 2 fully saturated rings. The Morgan fingerprint density at radius 3 is 2.44 bits per heavy atom. The van der Waals surface area contributed by atoms with E-state index in [4.69, 9.17) is 0 Å². The third-order valence-electron chi connectivity index (χ3n) is 4.43. The van der Waals surface area contributed by atoms with Crippen molar-refractivity contribution >= 4 is 0 Å². The van der Waals surface area contributed by atoms with Crippen LogP contribution >= 0.6 is 0 Å². The molecule has 1 heteroatoms. The van der Waals surface area contributed by atoms with E-state index in [0.29, 0.717) is 0 Å². The zero-order valence-corrected chi connectivity index (χ0v) is 11.3. The Kier molecular flexibility index (Phi) is 4.29. The maximum absolute atomic E-state index is 3.89. The first-order valence-corrected chi connectivity index (χ1v) is 7.39. The Hall–Kier alpha value is -0.0400. The van der Waals surface area contributed by atoms with Gasteiger partial charge in [-0.25, -0.2) is 0 Å². The summed E-state index contributed by atoms with van der Waals surface area (Å²) in [5.41, 5.74) is 0. The molecule has 0 spiro atoms. The molecule has 94 valence electrons. The molecule has 2 rings (SSSR count). The van der Waals surface area contributed by atoms with Crippen molar-refractivity contribution in [3.63, 3.8) is 0 Å². The zero-order chi connectivity index (χ0) is 11.5. The van der Waals surface area contributed by atoms with Crippen molar-refractivity contribution in [2.45, 2.75) is 77.8 Å². The molecule has 0 saturated heterocycles. The SMILES string of the molecule is CC(C)CC1CCCC(NC2CC(C)C2)C1. The number of rotatable bonds is 4. The van der Waals surface area contributed by atoms with Crippen molar-refractivity contribution in [1.29, 1.82) is 0 Å². The van der Waals surface area contributed by atoms with Crippen LogP contribution in [0.4, 0.5) is 0 Å². The maximum atomic E-state index is 3.89. The van der Waals surface area contributed by atoms with Gasteiger partial charge in [-0.05, 0) is 49.9 Å². The van der Waals surface area contributed by atoms with Crippen molar-refractivity contribution in [1.82, 2.24) is 5.32 Å². The fourth-order valence-corrected chi connectivity index (χ4v) is 3.69. The average molecular weight is 223 g/mol. The summed E-state index contributed by atoms with van der Waals surface area (Å²) in [4.78, 5) is 0. The molecule has 0 aromatic heterocycles. The lowest BCUT2D eigenvalue weighted by molar-refractivity contribution is 0.179. The summed E-state index contributed by atoms with van der Waals surface area (Å²) in [6, 6.07) is 1.70. The lowest BCUT2D eigenvalue weighted by Crippen LogP contribution is -2.47. The summed E-state index contributed by atoms with van der Waals surface area (Å²) in [5, 5.41) is 3.89. The van der Waals surface area contributed by atoms with E-state index in [1.165, 1.54) is 44.9 Å². The molecule has 2 aliphatic rings. The summed E-state index contributed by atoms with van der Waals surface area (Å²) < 4.78 is 0. The van der Waals surface area contributed by atoms with Crippen LogP contribution in [-0.4, -0.2) is 12.1 Å². The number of hydrogen-bond acceptors (Lipinski definition) is 1. The minimum Gasteiger partial charge on any atom is -0.311 e. The van der Waals surface area contributed by atoms with Gasteiger partial charge in [0.2, 0.25) is 0 Å². The highest BCUT2D eigenvalue weighted by atomic mass is 15.0. The summed E-state index contributed by atoms with van der Waals surface area (Å²) >= 11 is 0. The van der Waals surface area contributed by atoms with E-state index in [9.17, 15) is 0 Å². The largest absolute Gasteiger partial charge is 0.311 e. The van der Waals surface area contributed by atoms with Crippen molar-refractivity contribution in [2.24, 2.45) is 17.8 Å². The molecule has 2 aliphatic carbocycles.